The topological polar surface area (TPSA) is 84.5 Å². The number of urea groups is 1. The van der Waals surface area contributed by atoms with Crippen LogP contribution in [0, 0.1) is 6.92 Å². The zero-order chi connectivity index (χ0) is 18.3. The van der Waals surface area contributed by atoms with E-state index in [9.17, 15) is 14.4 Å². The van der Waals surface area contributed by atoms with Crippen LogP contribution in [-0.4, -0.2) is 35.3 Å². The fourth-order valence-corrected chi connectivity index (χ4v) is 2.56. The Morgan fingerprint density at radius 3 is 2.17 bits per heavy atom. The highest BCUT2D eigenvalue weighted by molar-refractivity contribution is 8.00. The summed E-state index contributed by atoms with van der Waals surface area (Å²) in [7, 11) is 0. The van der Waals surface area contributed by atoms with E-state index in [1.165, 1.54) is 18.7 Å². The predicted octanol–water partition coefficient (Wildman–Crippen LogP) is 2.64. The monoisotopic (exact) mass is 352 g/mol. The maximum absolute atomic E-state index is 12.1. The van der Waals surface area contributed by atoms with Crippen LogP contribution < -0.4 is 10.6 Å². The van der Waals surface area contributed by atoms with Crippen molar-refractivity contribution in [3.63, 3.8) is 0 Å². The van der Waals surface area contributed by atoms with E-state index in [4.69, 9.17) is 4.74 Å². The average Bonchev–Trinajstić information content (AvgIpc) is 2.48. The van der Waals surface area contributed by atoms with Gasteiger partial charge in [0, 0.05) is 10.9 Å². The number of nitrogens with one attached hydrogen (secondary N) is 2. The summed E-state index contributed by atoms with van der Waals surface area (Å²) in [5.41, 5.74) is 1.14. The van der Waals surface area contributed by atoms with Crippen molar-refractivity contribution in [2.45, 2.75) is 56.9 Å². The summed E-state index contributed by atoms with van der Waals surface area (Å²) in [6, 6.07) is 7.07. The molecule has 0 unspecified atom stereocenters. The molecule has 24 heavy (non-hydrogen) atoms. The molecule has 0 aromatic heterocycles. The second kappa shape index (κ2) is 9.32. The summed E-state index contributed by atoms with van der Waals surface area (Å²) < 4.78 is 5.12. The van der Waals surface area contributed by atoms with Crippen molar-refractivity contribution in [1.82, 2.24) is 10.6 Å². The van der Waals surface area contributed by atoms with Gasteiger partial charge < -0.3 is 10.1 Å². The Kier molecular flexibility index (Phi) is 7.78. The molecule has 0 saturated carbocycles. The molecule has 3 amide bonds. The van der Waals surface area contributed by atoms with Crippen molar-refractivity contribution >= 4 is 29.7 Å². The highest BCUT2D eigenvalue weighted by atomic mass is 32.2. The van der Waals surface area contributed by atoms with Gasteiger partial charge in [-0.1, -0.05) is 17.7 Å². The van der Waals surface area contributed by atoms with Crippen LogP contribution in [0.4, 0.5) is 4.79 Å². The first kappa shape index (κ1) is 20.0. The number of carbonyl (C=O) groups is 3. The fourth-order valence-electron chi connectivity index (χ4n) is 1.70. The third-order valence-corrected chi connectivity index (χ3v) is 4.07. The minimum absolute atomic E-state index is 0.0958. The van der Waals surface area contributed by atoms with Crippen molar-refractivity contribution in [3.05, 3.63) is 29.8 Å². The number of amides is 3. The lowest BCUT2D eigenvalue weighted by Crippen LogP contribution is -2.46. The molecule has 1 rings (SSSR count). The molecule has 0 fully saturated rings. The summed E-state index contributed by atoms with van der Waals surface area (Å²) in [6.45, 7) is 8.68. The van der Waals surface area contributed by atoms with Gasteiger partial charge in [0.25, 0.3) is 5.91 Å². The van der Waals surface area contributed by atoms with Crippen LogP contribution in [0.5, 0.6) is 0 Å². The molecule has 7 heteroatoms. The van der Waals surface area contributed by atoms with Gasteiger partial charge in [-0.25, -0.2) is 4.79 Å². The Morgan fingerprint density at radius 1 is 1.04 bits per heavy atom. The van der Waals surface area contributed by atoms with Crippen LogP contribution in [0.3, 0.4) is 0 Å². The van der Waals surface area contributed by atoms with Gasteiger partial charge in [-0.15, -0.1) is 11.8 Å². The Bertz CT molecular complexity index is 587. The van der Waals surface area contributed by atoms with Crippen LogP contribution in [0.15, 0.2) is 29.2 Å². The number of hydrogen-bond acceptors (Lipinski definition) is 5. The van der Waals surface area contributed by atoms with Crippen molar-refractivity contribution in [1.29, 1.82) is 0 Å². The zero-order valence-electron chi connectivity index (χ0n) is 14.6. The first-order valence-electron chi connectivity index (χ1n) is 7.74. The molecule has 132 valence electrons. The molecule has 2 atom stereocenters. The molecule has 1 aromatic carbocycles. The normalized spacial score (nSPS) is 13.1. The number of imide groups is 1. The molecule has 0 aliphatic carbocycles. The summed E-state index contributed by atoms with van der Waals surface area (Å²) in [5, 5.41) is 4.20. The molecule has 1 aromatic rings. The Labute approximate surface area is 146 Å². The third-order valence-electron chi connectivity index (χ3n) is 2.98. The van der Waals surface area contributed by atoms with Gasteiger partial charge in [0.1, 0.15) is 5.25 Å². The van der Waals surface area contributed by atoms with E-state index >= 15 is 0 Å². The zero-order valence-corrected chi connectivity index (χ0v) is 15.4. The van der Waals surface area contributed by atoms with Gasteiger partial charge in [-0.3, -0.25) is 14.9 Å². The molecule has 0 heterocycles. The number of rotatable bonds is 6. The summed E-state index contributed by atoms with van der Waals surface area (Å²) in [4.78, 5) is 36.3. The van der Waals surface area contributed by atoms with E-state index < -0.39 is 29.3 Å². The summed E-state index contributed by atoms with van der Waals surface area (Å²) in [6.07, 6.45) is -1.04. The van der Waals surface area contributed by atoms with E-state index in [-0.39, 0.29) is 6.04 Å². The van der Waals surface area contributed by atoms with Crippen LogP contribution in [0.2, 0.25) is 0 Å². The number of ether oxygens (including phenoxy) is 1. The standard InChI is InChI=1S/C17H24N2O4S/c1-10(2)18-17(22)19-15(20)12(4)23-16(21)13(5)24-14-8-6-11(3)7-9-14/h6-10,12-13H,1-5H3,(H2,18,19,20,22)/t12-,13-/m0/s1. The van der Waals surface area contributed by atoms with Crippen molar-refractivity contribution in [2.24, 2.45) is 0 Å². The molecule has 0 spiro atoms. The van der Waals surface area contributed by atoms with Crippen LogP contribution in [-0.2, 0) is 14.3 Å². The van der Waals surface area contributed by atoms with E-state index in [1.54, 1.807) is 20.8 Å². The molecule has 0 aliphatic rings. The molecule has 0 aliphatic heterocycles. The smallest absolute Gasteiger partial charge is 0.321 e. The predicted molar refractivity (Wildman–Crippen MR) is 93.9 cm³/mol. The quantitative estimate of drug-likeness (QED) is 0.607. The lowest BCUT2D eigenvalue weighted by molar-refractivity contribution is -0.153. The van der Waals surface area contributed by atoms with Crippen LogP contribution >= 0.6 is 11.8 Å². The van der Waals surface area contributed by atoms with Gasteiger partial charge in [0.05, 0.1) is 0 Å². The van der Waals surface area contributed by atoms with Gasteiger partial charge >= 0.3 is 12.0 Å². The second-order valence-corrected chi connectivity index (χ2v) is 7.18. The summed E-state index contributed by atoms with van der Waals surface area (Å²) >= 11 is 1.35. The van der Waals surface area contributed by atoms with Crippen molar-refractivity contribution in [3.8, 4) is 0 Å². The maximum Gasteiger partial charge on any atom is 0.321 e. The molecule has 0 saturated heterocycles. The molecule has 6 nitrogen and oxygen atoms in total. The highest BCUT2D eigenvalue weighted by Crippen LogP contribution is 2.24. The molecular formula is C17H24N2O4S. The highest BCUT2D eigenvalue weighted by Gasteiger charge is 2.24. The fraction of sp³-hybridized carbons (Fsp3) is 0.471. The molecular weight excluding hydrogens is 328 g/mol. The average molecular weight is 352 g/mol. The second-order valence-electron chi connectivity index (χ2n) is 5.77. The number of esters is 1. The number of hydrogen-bond donors (Lipinski definition) is 2. The Morgan fingerprint density at radius 2 is 1.62 bits per heavy atom. The SMILES string of the molecule is Cc1ccc(S[C@@H](C)C(=O)O[C@@H](C)C(=O)NC(=O)NC(C)C)cc1. The minimum atomic E-state index is -1.04. The van der Waals surface area contributed by atoms with Crippen LogP contribution in [0.25, 0.3) is 0 Å². The molecule has 0 bridgehead atoms. The first-order chi connectivity index (χ1) is 11.2. The van der Waals surface area contributed by atoms with Crippen molar-refractivity contribution < 1.29 is 19.1 Å². The van der Waals surface area contributed by atoms with Gasteiger partial charge in [0.2, 0.25) is 0 Å². The number of benzene rings is 1. The number of thioether (sulfide) groups is 1. The van der Waals surface area contributed by atoms with Crippen LogP contribution in [0.1, 0.15) is 33.3 Å². The van der Waals surface area contributed by atoms with Gasteiger partial charge in [-0.2, -0.15) is 0 Å². The Balaban J connectivity index is 2.48. The maximum atomic E-state index is 12.1. The van der Waals surface area contributed by atoms with E-state index in [0.717, 1.165) is 10.5 Å². The number of aryl methyl sites for hydroxylation is 1. The van der Waals surface area contributed by atoms with E-state index in [1.807, 2.05) is 31.2 Å². The lowest BCUT2D eigenvalue weighted by atomic mass is 10.2. The minimum Gasteiger partial charge on any atom is -0.452 e. The van der Waals surface area contributed by atoms with Gasteiger partial charge in [-0.05, 0) is 46.8 Å². The Hall–Kier alpha value is -2.02. The van der Waals surface area contributed by atoms with E-state index in [2.05, 4.69) is 10.6 Å². The number of carbonyl (C=O) groups excluding carboxylic acids is 3. The summed E-state index contributed by atoms with van der Waals surface area (Å²) in [5.74, 6) is -1.17. The molecule has 2 N–H and O–H groups in total. The molecule has 0 radical (unpaired) electrons. The largest absolute Gasteiger partial charge is 0.452 e. The van der Waals surface area contributed by atoms with Crippen molar-refractivity contribution in [2.75, 3.05) is 0 Å². The first-order valence-corrected chi connectivity index (χ1v) is 8.62. The van der Waals surface area contributed by atoms with E-state index in [0.29, 0.717) is 0 Å². The van der Waals surface area contributed by atoms with Gasteiger partial charge in [0.15, 0.2) is 6.10 Å². The lowest BCUT2D eigenvalue weighted by Gasteiger charge is -2.17. The third kappa shape index (κ3) is 7.04.